The molecule has 1 aromatic heterocycles. The maximum Gasteiger partial charge on any atom is 0.326 e. The standard InChI is InChI=1S/C12H18N2O5S/c1-7-9(8(2)19-14-7)5-20-6-11(16)13-10(3-4-15)12(17)18/h10,15H,3-6H2,1-2H3,(H,13,16)(H,17,18). The molecule has 3 N–H and O–H groups in total. The topological polar surface area (TPSA) is 113 Å². The number of carbonyl (C=O) groups excluding carboxylic acids is 1. The number of aliphatic carboxylic acids is 1. The first kappa shape index (κ1) is 16.5. The van der Waals surface area contributed by atoms with Crippen LogP contribution >= 0.6 is 11.8 Å². The van der Waals surface area contributed by atoms with Gasteiger partial charge in [0.15, 0.2) is 0 Å². The largest absolute Gasteiger partial charge is 0.480 e. The van der Waals surface area contributed by atoms with E-state index in [1.165, 1.54) is 11.8 Å². The van der Waals surface area contributed by atoms with E-state index in [0.29, 0.717) is 5.75 Å². The van der Waals surface area contributed by atoms with E-state index < -0.39 is 12.0 Å². The molecule has 0 aliphatic rings. The predicted molar refractivity (Wildman–Crippen MR) is 73.4 cm³/mol. The summed E-state index contributed by atoms with van der Waals surface area (Å²) in [6, 6.07) is -1.05. The first-order valence-electron chi connectivity index (χ1n) is 6.08. The zero-order valence-corrected chi connectivity index (χ0v) is 12.2. The van der Waals surface area contributed by atoms with Crippen LogP contribution in [0.4, 0.5) is 0 Å². The molecule has 0 spiro atoms. The van der Waals surface area contributed by atoms with Gasteiger partial charge in [0.2, 0.25) is 5.91 Å². The minimum Gasteiger partial charge on any atom is -0.480 e. The molecule has 0 aromatic carbocycles. The Hall–Kier alpha value is -1.54. The van der Waals surface area contributed by atoms with Gasteiger partial charge in [0.25, 0.3) is 0 Å². The van der Waals surface area contributed by atoms with Gasteiger partial charge in [-0.15, -0.1) is 11.8 Å². The number of carbonyl (C=O) groups is 2. The van der Waals surface area contributed by atoms with Crippen LogP contribution in [-0.2, 0) is 15.3 Å². The molecule has 1 atom stereocenters. The third-order valence-corrected chi connectivity index (χ3v) is 3.67. The Morgan fingerprint density at radius 1 is 1.45 bits per heavy atom. The van der Waals surface area contributed by atoms with Crippen molar-refractivity contribution in [1.29, 1.82) is 0 Å². The van der Waals surface area contributed by atoms with Gasteiger partial charge in [-0.2, -0.15) is 0 Å². The molecule has 7 nitrogen and oxygen atoms in total. The highest BCUT2D eigenvalue weighted by Gasteiger charge is 2.19. The summed E-state index contributed by atoms with van der Waals surface area (Å²) in [7, 11) is 0. The molecule has 0 fully saturated rings. The summed E-state index contributed by atoms with van der Waals surface area (Å²) in [5.74, 6) is -0.0872. The maximum absolute atomic E-state index is 11.6. The lowest BCUT2D eigenvalue weighted by Gasteiger charge is -2.12. The number of thioether (sulfide) groups is 1. The Morgan fingerprint density at radius 3 is 2.65 bits per heavy atom. The molecule has 1 rings (SSSR count). The number of rotatable bonds is 8. The lowest BCUT2D eigenvalue weighted by Crippen LogP contribution is -2.42. The van der Waals surface area contributed by atoms with E-state index in [4.69, 9.17) is 14.7 Å². The Balaban J connectivity index is 2.38. The van der Waals surface area contributed by atoms with Gasteiger partial charge in [0.05, 0.1) is 11.4 Å². The Morgan fingerprint density at radius 2 is 2.15 bits per heavy atom. The lowest BCUT2D eigenvalue weighted by molar-refractivity contribution is -0.141. The number of aliphatic hydroxyl groups excluding tert-OH is 1. The number of aryl methyl sites for hydroxylation is 2. The number of carboxylic acid groups (broad SMARTS) is 1. The van der Waals surface area contributed by atoms with Crippen molar-refractivity contribution in [1.82, 2.24) is 10.5 Å². The van der Waals surface area contributed by atoms with Crippen molar-refractivity contribution in [3.8, 4) is 0 Å². The van der Waals surface area contributed by atoms with Crippen LogP contribution in [-0.4, -0.2) is 45.6 Å². The second-order valence-corrected chi connectivity index (χ2v) is 5.25. The van der Waals surface area contributed by atoms with Crippen molar-refractivity contribution in [2.75, 3.05) is 12.4 Å². The summed E-state index contributed by atoms with van der Waals surface area (Å²) in [5.41, 5.74) is 1.74. The average molecular weight is 302 g/mol. The number of hydrogen-bond acceptors (Lipinski definition) is 6. The van der Waals surface area contributed by atoms with Crippen LogP contribution in [0.2, 0.25) is 0 Å². The number of aromatic nitrogens is 1. The SMILES string of the molecule is Cc1noc(C)c1CSCC(=O)NC(CCO)C(=O)O. The quantitative estimate of drug-likeness (QED) is 0.640. The summed E-state index contributed by atoms with van der Waals surface area (Å²) in [6.45, 7) is 3.34. The van der Waals surface area contributed by atoms with E-state index in [1.807, 2.05) is 6.92 Å². The molecule has 0 saturated heterocycles. The summed E-state index contributed by atoms with van der Waals surface area (Å²) in [5, 5.41) is 23.8. The second-order valence-electron chi connectivity index (χ2n) is 4.27. The summed E-state index contributed by atoms with van der Waals surface area (Å²) in [4.78, 5) is 22.4. The molecule has 0 aliphatic carbocycles. The normalized spacial score (nSPS) is 12.2. The first-order chi connectivity index (χ1) is 9.45. The number of aliphatic hydroxyl groups is 1. The van der Waals surface area contributed by atoms with Gasteiger partial charge in [-0.3, -0.25) is 4.79 Å². The zero-order valence-electron chi connectivity index (χ0n) is 11.4. The fraction of sp³-hybridized carbons (Fsp3) is 0.583. The minimum absolute atomic E-state index is 0.00436. The lowest BCUT2D eigenvalue weighted by atomic mass is 10.2. The van der Waals surface area contributed by atoms with Crippen LogP contribution in [0.3, 0.4) is 0 Å². The van der Waals surface area contributed by atoms with Crippen molar-refractivity contribution >= 4 is 23.6 Å². The molecule has 1 heterocycles. The van der Waals surface area contributed by atoms with Gasteiger partial charge in [-0.1, -0.05) is 5.16 Å². The smallest absolute Gasteiger partial charge is 0.326 e. The van der Waals surface area contributed by atoms with E-state index in [0.717, 1.165) is 17.0 Å². The van der Waals surface area contributed by atoms with E-state index in [-0.39, 0.29) is 24.7 Å². The van der Waals surface area contributed by atoms with Crippen LogP contribution in [0.5, 0.6) is 0 Å². The fourth-order valence-corrected chi connectivity index (χ4v) is 2.56. The Labute approximate surface area is 120 Å². The summed E-state index contributed by atoms with van der Waals surface area (Å²) >= 11 is 1.35. The Kier molecular flexibility index (Phi) is 6.53. The van der Waals surface area contributed by atoms with E-state index in [9.17, 15) is 9.59 Å². The molecule has 112 valence electrons. The number of amides is 1. The molecule has 1 amide bonds. The number of hydrogen-bond donors (Lipinski definition) is 3. The zero-order chi connectivity index (χ0) is 15.1. The van der Waals surface area contributed by atoms with Crippen molar-refractivity contribution in [2.45, 2.75) is 32.1 Å². The van der Waals surface area contributed by atoms with E-state index >= 15 is 0 Å². The van der Waals surface area contributed by atoms with Gasteiger partial charge in [0.1, 0.15) is 11.8 Å². The minimum atomic E-state index is -1.15. The fourth-order valence-electron chi connectivity index (χ4n) is 1.58. The summed E-state index contributed by atoms with van der Waals surface area (Å²) in [6.07, 6.45) is -0.00436. The molecule has 1 aromatic rings. The highest BCUT2D eigenvalue weighted by Crippen LogP contribution is 2.19. The van der Waals surface area contributed by atoms with Crippen molar-refractivity contribution in [2.24, 2.45) is 0 Å². The van der Waals surface area contributed by atoms with E-state index in [2.05, 4.69) is 10.5 Å². The highest BCUT2D eigenvalue weighted by atomic mass is 32.2. The molecular formula is C12H18N2O5S. The van der Waals surface area contributed by atoms with Gasteiger partial charge in [-0.25, -0.2) is 4.79 Å². The van der Waals surface area contributed by atoms with Crippen LogP contribution in [0.15, 0.2) is 4.52 Å². The Bertz CT molecular complexity index is 455. The van der Waals surface area contributed by atoms with Crippen LogP contribution < -0.4 is 5.32 Å². The van der Waals surface area contributed by atoms with Gasteiger partial charge in [-0.05, 0) is 13.8 Å². The first-order valence-corrected chi connectivity index (χ1v) is 7.23. The number of carboxylic acids is 1. The third-order valence-electron chi connectivity index (χ3n) is 2.71. The monoisotopic (exact) mass is 302 g/mol. The van der Waals surface area contributed by atoms with E-state index in [1.54, 1.807) is 6.92 Å². The van der Waals surface area contributed by atoms with Crippen molar-refractivity contribution in [3.63, 3.8) is 0 Å². The molecule has 0 bridgehead atoms. The number of nitrogens with zero attached hydrogens (tertiary/aromatic N) is 1. The maximum atomic E-state index is 11.6. The predicted octanol–water partition coefficient (Wildman–Crippen LogP) is 0.476. The van der Waals surface area contributed by atoms with Gasteiger partial charge in [0, 0.05) is 24.3 Å². The van der Waals surface area contributed by atoms with Gasteiger partial charge >= 0.3 is 5.97 Å². The van der Waals surface area contributed by atoms with Crippen molar-refractivity contribution in [3.05, 3.63) is 17.0 Å². The number of nitrogens with one attached hydrogen (secondary N) is 1. The molecular weight excluding hydrogens is 284 g/mol. The third kappa shape index (κ3) is 4.86. The van der Waals surface area contributed by atoms with Crippen LogP contribution in [0, 0.1) is 13.8 Å². The van der Waals surface area contributed by atoms with Crippen LogP contribution in [0.25, 0.3) is 0 Å². The summed E-state index contributed by atoms with van der Waals surface area (Å²) < 4.78 is 5.01. The molecule has 1 unspecified atom stereocenters. The molecule has 0 aliphatic heterocycles. The molecule has 0 radical (unpaired) electrons. The highest BCUT2D eigenvalue weighted by molar-refractivity contribution is 7.99. The molecule has 8 heteroatoms. The van der Waals surface area contributed by atoms with Gasteiger partial charge < -0.3 is 20.1 Å². The average Bonchev–Trinajstić information content (AvgIpc) is 2.69. The van der Waals surface area contributed by atoms with Crippen LogP contribution in [0.1, 0.15) is 23.4 Å². The molecule has 20 heavy (non-hydrogen) atoms. The molecule has 0 saturated carbocycles. The second kappa shape index (κ2) is 7.91. The van der Waals surface area contributed by atoms with Crippen molar-refractivity contribution < 1.29 is 24.3 Å².